The van der Waals surface area contributed by atoms with Crippen LogP contribution < -0.4 is 5.32 Å². The average molecular weight is 395 g/mol. The molecule has 28 heavy (non-hydrogen) atoms. The Morgan fingerprint density at radius 3 is 2.21 bits per heavy atom. The summed E-state index contributed by atoms with van der Waals surface area (Å²) in [7, 11) is 1.05. The molecule has 0 unspecified atom stereocenters. The van der Waals surface area contributed by atoms with Gasteiger partial charge in [-0.2, -0.15) is 13.2 Å². The molecule has 5 nitrogen and oxygen atoms in total. The smallest absolute Gasteiger partial charge is 0.418 e. The number of ether oxygens (including phenoxy) is 1. The molecule has 2 rings (SSSR count). The van der Waals surface area contributed by atoms with E-state index in [4.69, 9.17) is 0 Å². The van der Waals surface area contributed by atoms with Crippen molar-refractivity contribution in [1.82, 2.24) is 0 Å². The third kappa shape index (κ3) is 4.62. The summed E-state index contributed by atoms with van der Waals surface area (Å²) < 4.78 is 44.6. The summed E-state index contributed by atoms with van der Waals surface area (Å²) in [6.07, 6.45) is -4.82. The lowest BCUT2D eigenvalue weighted by Crippen LogP contribution is -2.19. The molecule has 0 fully saturated rings. The van der Waals surface area contributed by atoms with Gasteiger partial charge < -0.3 is 15.2 Å². The van der Waals surface area contributed by atoms with Crippen LogP contribution in [0.2, 0.25) is 0 Å². The summed E-state index contributed by atoms with van der Waals surface area (Å²) in [4.78, 5) is 24.1. The Morgan fingerprint density at radius 2 is 1.68 bits per heavy atom. The molecule has 0 saturated heterocycles. The van der Waals surface area contributed by atoms with Crippen LogP contribution in [-0.4, -0.2) is 24.1 Å². The number of aromatic hydroxyl groups is 1. The Balaban J connectivity index is 2.45. The first kappa shape index (κ1) is 21.3. The van der Waals surface area contributed by atoms with E-state index < -0.39 is 29.3 Å². The van der Waals surface area contributed by atoms with Crippen molar-refractivity contribution in [3.05, 3.63) is 58.7 Å². The standard InChI is InChI=1S/C20H20F3NO4/c1-19(2,3)12-6-8-16(25)13(10-12)17(26)24-15-7-5-11(18(27)28-4)9-14(15)20(21,22)23/h5-10,25H,1-4H3,(H,24,26). The van der Waals surface area contributed by atoms with Crippen LogP contribution in [0.25, 0.3) is 0 Å². The molecule has 0 aliphatic heterocycles. The van der Waals surface area contributed by atoms with E-state index in [1.54, 1.807) is 6.07 Å². The number of anilines is 1. The predicted octanol–water partition coefficient (Wildman–Crippen LogP) is 4.75. The van der Waals surface area contributed by atoms with Gasteiger partial charge in [-0.25, -0.2) is 4.79 Å². The van der Waals surface area contributed by atoms with Gasteiger partial charge in [0.15, 0.2) is 0 Å². The third-order valence-corrected chi connectivity index (χ3v) is 4.10. The number of nitrogens with one attached hydrogen (secondary N) is 1. The number of hydrogen-bond donors (Lipinski definition) is 2. The molecule has 0 radical (unpaired) electrons. The van der Waals surface area contributed by atoms with Crippen LogP contribution in [0.15, 0.2) is 36.4 Å². The molecule has 1 amide bonds. The zero-order chi connectivity index (χ0) is 21.3. The van der Waals surface area contributed by atoms with Crippen molar-refractivity contribution in [2.45, 2.75) is 32.4 Å². The van der Waals surface area contributed by atoms with Crippen molar-refractivity contribution in [3.8, 4) is 5.75 Å². The highest BCUT2D eigenvalue weighted by atomic mass is 19.4. The lowest BCUT2D eigenvalue weighted by atomic mass is 9.86. The number of halogens is 3. The maximum atomic E-state index is 13.4. The van der Waals surface area contributed by atoms with Crippen LogP contribution in [-0.2, 0) is 16.3 Å². The van der Waals surface area contributed by atoms with Crippen LogP contribution in [0.1, 0.15) is 52.6 Å². The first-order valence-electron chi connectivity index (χ1n) is 8.29. The van der Waals surface area contributed by atoms with Crippen LogP contribution in [0.5, 0.6) is 5.75 Å². The zero-order valence-electron chi connectivity index (χ0n) is 15.8. The van der Waals surface area contributed by atoms with Gasteiger partial charge >= 0.3 is 12.1 Å². The highest BCUT2D eigenvalue weighted by molar-refractivity contribution is 6.07. The number of phenolic OH excluding ortho intramolecular Hbond substituents is 1. The quantitative estimate of drug-likeness (QED) is 0.736. The van der Waals surface area contributed by atoms with Gasteiger partial charge in [0.05, 0.1) is 29.5 Å². The second-order valence-corrected chi connectivity index (χ2v) is 7.19. The van der Waals surface area contributed by atoms with Gasteiger partial charge in [-0.05, 0) is 41.3 Å². The molecule has 0 atom stereocenters. The molecular formula is C20H20F3NO4. The topological polar surface area (TPSA) is 75.6 Å². The molecule has 0 aromatic heterocycles. The largest absolute Gasteiger partial charge is 0.507 e. The number of carbonyl (C=O) groups is 2. The fourth-order valence-electron chi connectivity index (χ4n) is 2.51. The molecule has 2 aromatic rings. The summed E-state index contributed by atoms with van der Waals surface area (Å²) in [6, 6.07) is 7.08. The van der Waals surface area contributed by atoms with E-state index in [2.05, 4.69) is 10.1 Å². The van der Waals surface area contributed by atoms with E-state index in [9.17, 15) is 27.9 Å². The molecule has 0 spiro atoms. The van der Waals surface area contributed by atoms with E-state index in [0.717, 1.165) is 24.8 Å². The summed E-state index contributed by atoms with van der Waals surface area (Å²) in [5, 5.41) is 12.1. The van der Waals surface area contributed by atoms with Crippen LogP contribution in [0, 0.1) is 0 Å². The Labute approximate surface area is 160 Å². The summed E-state index contributed by atoms with van der Waals surface area (Å²) in [6.45, 7) is 5.69. The molecule has 150 valence electrons. The minimum atomic E-state index is -4.82. The van der Waals surface area contributed by atoms with Gasteiger partial charge in [-0.3, -0.25) is 4.79 Å². The lowest BCUT2D eigenvalue weighted by molar-refractivity contribution is -0.136. The fraction of sp³-hybridized carbons (Fsp3) is 0.300. The van der Waals surface area contributed by atoms with Crippen LogP contribution in [0.3, 0.4) is 0 Å². The molecule has 8 heteroatoms. The fourth-order valence-corrected chi connectivity index (χ4v) is 2.51. The lowest BCUT2D eigenvalue weighted by Gasteiger charge is -2.20. The summed E-state index contributed by atoms with van der Waals surface area (Å²) in [5.74, 6) is -2.19. The van der Waals surface area contributed by atoms with E-state index in [-0.39, 0.29) is 22.3 Å². The minimum absolute atomic E-state index is 0.155. The van der Waals surface area contributed by atoms with Crippen LogP contribution in [0.4, 0.5) is 18.9 Å². The minimum Gasteiger partial charge on any atom is -0.507 e. The third-order valence-electron chi connectivity index (χ3n) is 4.10. The molecule has 2 N–H and O–H groups in total. The molecule has 0 bridgehead atoms. The number of benzene rings is 2. The number of amides is 1. The Morgan fingerprint density at radius 1 is 1.04 bits per heavy atom. The molecule has 0 saturated carbocycles. The molecule has 2 aromatic carbocycles. The first-order chi connectivity index (χ1) is 12.8. The Hall–Kier alpha value is -3.03. The number of esters is 1. The van der Waals surface area contributed by atoms with E-state index >= 15 is 0 Å². The van der Waals surface area contributed by atoms with Gasteiger partial charge in [0.2, 0.25) is 0 Å². The predicted molar refractivity (Wildman–Crippen MR) is 97.5 cm³/mol. The number of carbonyl (C=O) groups excluding carboxylic acids is 2. The van der Waals surface area contributed by atoms with Gasteiger partial charge in [0.1, 0.15) is 5.75 Å². The maximum absolute atomic E-state index is 13.4. The van der Waals surface area contributed by atoms with Gasteiger partial charge in [-0.1, -0.05) is 26.8 Å². The Bertz CT molecular complexity index is 915. The molecular weight excluding hydrogens is 375 g/mol. The van der Waals surface area contributed by atoms with Crippen molar-refractivity contribution in [3.63, 3.8) is 0 Å². The van der Waals surface area contributed by atoms with E-state index in [1.807, 2.05) is 20.8 Å². The van der Waals surface area contributed by atoms with Gasteiger partial charge in [0.25, 0.3) is 5.91 Å². The van der Waals surface area contributed by atoms with E-state index in [0.29, 0.717) is 6.07 Å². The zero-order valence-corrected chi connectivity index (χ0v) is 15.8. The average Bonchev–Trinajstić information content (AvgIpc) is 2.59. The van der Waals surface area contributed by atoms with E-state index in [1.165, 1.54) is 12.1 Å². The highest BCUT2D eigenvalue weighted by Crippen LogP contribution is 2.36. The van der Waals surface area contributed by atoms with Gasteiger partial charge in [0, 0.05) is 0 Å². The van der Waals surface area contributed by atoms with Crippen molar-refractivity contribution in [1.29, 1.82) is 0 Å². The summed E-state index contributed by atoms with van der Waals surface area (Å²) >= 11 is 0. The summed E-state index contributed by atoms with van der Waals surface area (Å²) in [5.41, 5.74) is -1.79. The highest BCUT2D eigenvalue weighted by Gasteiger charge is 2.35. The SMILES string of the molecule is COC(=O)c1ccc(NC(=O)c2cc(C(C)(C)C)ccc2O)c(C(F)(F)F)c1. The number of rotatable bonds is 3. The van der Waals surface area contributed by atoms with Gasteiger partial charge in [-0.15, -0.1) is 0 Å². The molecule has 0 heterocycles. The first-order valence-corrected chi connectivity index (χ1v) is 8.29. The number of alkyl halides is 3. The second-order valence-electron chi connectivity index (χ2n) is 7.19. The maximum Gasteiger partial charge on any atom is 0.418 e. The number of methoxy groups -OCH3 is 1. The van der Waals surface area contributed by atoms with Crippen molar-refractivity contribution >= 4 is 17.6 Å². The van der Waals surface area contributed by atoms with Crippen molar-refractivity contribution in [2.24, 2.45) is 0 Å². The normalized spacial score (nSPS) is 11.8. The monoisotopic (exact) mass is 395 g/mol. The van der Waals surface area contributed by atoms with Crippen LogP contribution >= 0.6 is 0 Å². The molecule has 0 aliphatic carbocycles. The number of hydrogen-bond acceptors (Lipinski definition) is 4. The van der Waals surface area contributed by atoms with Crippen molar-refractivity contribution in [2.75, 3.05) is 12.4 Å². The number of phenols is 1. The molecule has 0 aliphatic rings. The second kappa shape index (κ2) is 7.53. The van der Waals surface area contributed by atoms with Crippen molar-refractivity contribution < 1.29 is 32.6 Å². The Kier molecular flexibility index (Phi) is 5.72.